The van der Waals surface area contributed by atoms with Crippen LogP contribution in [0.15, 0.2) is 97.3 Å². The van der Waals surface area contributed by atoms with Crippen molar-refractivity contribution in [2.45, 2.75) is 6.92 Å². The number of hydrogen-bond acceptors (Lipinski definition) is 4. The average Bonchev–Trinajstić information content (AvgIpc) is 2.84. The van der Waals surface area contributed by atoms with Gasteiger partial charge in [-0.25, -0.2) is 0 Å². The van der Waals surface area contributed by atoms with E-state index in [4.69, 9.17) is 4.65 Å². The molecule has 0 aliphatic heterocycles. The molecule has 5 heteroatoms. The fourth-order valence-electron chi connectivity index (χ4n) is 3.43. The molecule has 0 amide bonds. The molecule has 0 bridgehead atoms. The van der Waals surface area contributed by atoms with Crippen LogP contribution in [0.5, 0.6) is 0 Å². The van der Waals surface area contributed by atoms with Crippen LogP contribution in [-0.2, 0) is 4.65 Å². The molecule has 1 heterocycles. The molecule has 4 aromatic rings. The summed E-state index contributed by atoms with van der Waals surface area (Å²) in [6.45, 7) is 1.68. The summed E-state index contributed by atoms with van der Waals surface area (Å²) in [5, 5.41) is 0. The molecule has 0 radical (unpaired) electrons. The standard InChI is InChI=1S/C27H26BN3O/c1-21-19-30-25(20-29-21)18-27(22-14-16-26(17-15-22)31(2)3)32-28(23-10-6-4-7-11-23)24-12-8-5-9-13-24/h4-20H,1-3H3/b27-18+. The molecule has 0 spiro atoms. The minimum Gasteiger partial charge on any atom is -0.551 e. The average molecular weight is 419 g/mol. The van der Waals surface area contributed by atoms with Gasteiger partial charge in [-0.2, -0.15) is 0 Å². The first kappa shape index (κ1) is 21.4. The third-order valence-electron chi connectivity index (χ3n) is 5.20. The fraction of sp³-hybridized carbons (Fsp3) is 0.111. The fourth-order valence-corrected chi connectivity index (χ4v) is 3.43. The van der Waals surface area contributed by atoms with E-state index in [1.54, 1.807) is 12.4 Å². The molecule has 158 valence electrons. The van der Waals surface area contributed by atoms with Crippen molar-refractivity contribution in [3.05, 3.63) is 114 Å². The maximum absolute atomic E-state index is 6.72. The smallest absolute Gasteiger partial charge is 0.426 e. The lowest BCUT2D eigenvalue weighted by molar-refractivity contribution is 0.551. The van der Waals surface area contributed by atoms with E-state index in [0.29, 0.717) is 0 Å². The van der Waals surface area contributed by atoms with Crippen molar-refractivity contribution in [3.63, 3.8) is 0 Å². The summed E-state index contributed by atoms with van der Waals surface area (Å²) >= 11 is 0. The zero-order valence-corrected chi connectivity index (χ0v) is 18.6. The Kier molecular flexibility index (Phi) is 6.66. The molecule has 0 unspecified atom stereocenters. The Hall–Kier alpha value is -3.86. The van der Waals surface area contributed by atoms with E-state index in [1.807, 2.05) is 63.5 Å². The van der Waals surface area contributed by atoms with Crippen molar-refractivity contribution >= 4 is 35.4 Å². The van der Waals surface area contributed by atoms with Gasteiger partial charge >= 0.3 is 6.92 Å². The van der Waals surface area contributed by atoms with Crippen LogP contribution in [0, 0.1) is 6.92 Å². The molecule has 0 aliphatic carbocycles. The second-order valence-corrected chi connectivity index (χ2v) is 7.85. The summed E-state index contributed by atoms with van der Waals surface area (Å²) in [6.07, 6.45) is 5.49. The Labute approximate surface area is 190 Å². The number of hydrogen-bond donors (Lipinski definition) is 0. The molecule has 4 nitrogen and oxygen atoms in total. The third-order valence-corrected chi connectivity index (χ3v) is 5.20. The van der Waals surface area contributed by atoms with Crippen LogP contribution in [0.25, 0.3) is 11.8 Å². The topological polar surface area (TPSA) is 38.2 Å². The van der Waals surface area contributed by atoms with Crippen molar-refractivity contribution in [3.8, 4) is 0 Å². The Morgan fingerprint density at radius 3 is 1.88 bits per heavy atom. The molecule has 0 atom stereocenters. The molecular weight excluding hydrogens is 393 g/mol. The van der Waals surface area contributed by atoms with Crippen molar-refractivity contribution < 1.29 is 4.65 Å². The van der Waals surface area contributed by atoms with Gasteiger partial charge in [0.05, 0.1) is 17.6 Å². The normalized spacial score (nSPS) is 11.2. The molecule has 32 heavy (non-hydrogen) atoms. The van der Waals surface area contributed by atoms with E-state index in [1.165, 1.54) is 0 Å². The SMILES string of the molecule is Cc1cnc(/C=C(/OB(c2ccccc2)c2ccccc2)c2ccc(N(C)C)cc2)cn1. The van der Waals surface area contributed by atoms with Gasteiger partial charge in [-0.15, -0.1) is 0 Å². The monoisotopic (exact) mass is 419 g/mol. The van der Waals surface area contributed by atoms with E-state index < -0.39 is 0 Å². The van der Waals surface area contributed by atoms with Gasteiger partial charge < -0.3 is 9.55 Å². The molecule has 0 saturated carbocycles. The van der Waals surface area contributed by atoms with Gasteiger partial charge in [0.15, 0.2) is 0 Å². The summed E-state index contributed by atoms with van der Waals surface area (Å²) in [4.78, 5) is 11.0. The van der Waals surface area contributed by atoms with Crippen LogP contribution in [0.4, 0.5) is 5.69 Å². The van der Waals surface area contributed by atoms with Crippen molar-refractivity contribution in [1.29, 1.82) is 0 Å². The van der Waals surface area contributed by atoms with Gasteiger partial charge in [-0.3, -0.25) is 9.97 Å². The first-order chi connectivity index (χ1) is 15.6. The molecule has 0 N–H and O–H groups in total. The summed E-state index contributed by atoms with van der Waals surface area (Å²) in [5.74, 6) is 0.742. The number of anilines is 1. The van der Waals surface area contributed by atoms with Gasteiger partial charge in [0.2, 0.25) is 0 Å². The van der Waals surface area contributed by atoms with E-state index in [0.717, 1.165) is 39.3 Å². The molecule has 1 aromatic heterocycles. The highest BCUT2D eigenvalue weighted by Gasteiger charge is 2.24. The van der Waals surface area contributed by atoms with Gasteiger partial charge in [0.1, 0.15) is 5.76 Å². The molecule has 0 fully saturated rings. The summed E-state index contributed by atoms with van der Waals surface area (Å²) in [7, 11) is 4.07. The lowest BCUT2D eigenvalue weighted by Gasteiger charge is -2.20. The zero-order chi connectivity index (χ0) is 22.3. The maximum Gasteiger partial charge on any atom is 0.426 e. The summed E-state index contributed by atoms with van der Waals surface area (Å²) in [5.41, 5.74) is 5.92. The Balaban J connectivity index is 1.78. The Morgan fingerprint density at radius 1 is 0.781 bits per heavy atom. The lowest BCUT2D eigenvalue weighted by Crippen LogP contribution is -2.44. The lowest BCUT2D eigenvalue weighted by atomic mass is 9.55. The van der Waals surface area contributed by atoms with Crippen molar-refractivity contribution in [1.82, 2.24) is 9.97 Å². The first-order valence-electron chi connectivity index (χ1n) is 10.6. The van der Waals surface area contributed by atoms with Crippen molar-refractivity contribution in [2.24, 2.45) is 0 Å². The quantitative estimate of drug-likeness (QED) is 0.333. The molecular formula is C27H26BN3O. The van der Waals surface area contributed by atoms with Gasteiger partial charge in [-0.1, -0.05) is 60.7 Å². The van der Waals surface area contributed by atoms with Crippen LogP contribution >= 0.6 is 0 Å². The molecule has 0 aliphatic rings. The minimum atomic E-state index is -0.254. The van der Waals surface area contributed by atoms with Gasteiger partial charge in [0.25, 0.3) is 0 Å². The van der Waals surface area contributed by atoms with Crippen LogP contribution in [0.1, 0.15) is 17.0 Å². The molecule has 4 rings (SSSR count). The van der Waals surface area contributed by atoms with E-state index in [2.05, 4.69) is 63.4 Å². The minimum absolute atomic E-state index is 0.254. The van der Waals surface area contributed by atoms with E-state index in [-0.39, 0.29) is 6.92 Å². The van der Waals surface area contributed by atoms with Crippen LogP contribution < -0.4 is 15.8 Å². The first-order valence-corrected chi connectivity index (χ1v) is 10.6. The number of benzene rings is 3. The second-order valence-electron chi connectivity index (χ2n) is 7.85. The second kappa shape index (κ2) is 9.97. The Bertz CT molecular complexity index is 1120. The zero-order valence-electron chi connectivity index (χ0n) is 18.6. The van der Waals surface area contributed by atoms with Crippen LogP contribution in [0.2, 0.25) is 0 Å². The van der Waals surface area contributed by atoms with Crippen LogP contribution in [-0.4, -0.2) is 31.0 Å². The van der Waals surface area contributed by atoms with Gasteiger partial charge in [-0.05, 0) is 42.1 Å². The number of aromatic nitrogens is 2. The highest BCUT2D eigenvalue weighted by atomic mass is 16.4. The largest absolute Gasteiger partial charge is 0.551 e. The van der Waals surface area contributed by atoms with Gasteiger partial charge in [0, 0.05) is 37.6 Å². The number of nitrogens with zero attached hydrogens (tertiary/aromatic N) is 3. The maximum atomic E-state index is 6.72. The van der Waals surface area contributed by atoms with Crippen LogP contribution in [0.3, 0.4) is 0 Å². The number of aryl methyl sites for hydroxylation is 1. The third kappa shape index (κ3) is 5.24. The Morgan fingerprint density at radius 2 is 1.38 bits per heavy atom. The van der Waals surface area contributed by atoms with E-state index in [9.17, 15) is 0 Å². The van der Waals surface area contributed by atoms with E-state index >= 15 is 0 Å². The predicted octanol–water partition coefficient (Wildman–Crippen LogP) is 4.17. The number of rotatable bonds is 7. The van der Waals surface area contributed by atoms with Crippen molar-refractivity contribution in [2.75, 3.05) is 19.0 Å². The highest BCUT2D eigenvalue weighted by Crippen LogP contribution is 2.23. The summed E-state index contributed by atoms with van der Waals surface area (Å²) < 4.78 is 6.72. The predicted molar refractivity (Wildman–Crippen MR) is 134 cm³/mol. The molecule has 3 aromatic carbocycles. The summed E-state index contributed by atoms with van der Waals surface area (Å²) in [6, 6.07) is 28.9. The molecule has 0 saturated heterocycles. The highest BCUT2D eigenvalue weighted by molar-refractivity contribution is 6.80.